The zero-order valence-electron chi connectivity index (χ0n) is 15.3. The van der Waals surface area contributed by atoms with Crippen molar-refractivity contribution in [1.82, 2.24) is 9.88 Å². The molecule has 0 bridgehead atoms. The van der Waals surface area contributed by atoms with Crippen molar-refractivity contribution in [2.45, 2.75) is 31.6 Å². The maximum absolute atomic E-state index is 13.1. The van der Waals surface area contributed by atoms with Crippen molar-refractivity contribution in [3.63, 3.8) is 0 Å². The molecule has 150 valence electrons. The number of carbonyl (C=O) groups excluding carboxylic acids is 1. The third kappa shape index (κ3) is 4.40. The van der Waals surface area contributed by atoms with E-state index in [1.165, 1.54) is 9.71 Å². The van der Waals surface area contributed by atoms with Crippen molar-refractivity contribution >= 4 is 52.3 Å². The highest BCUT2D eigenvalue weighted by atomic mass is 35.5. The summed E-state index contributed by atoms with van der Waals surface area (Å²) in [5, 5.41) is 1.22. The molecule has 2 aliphatic heterocycles. The number of nitrogens with zero attached hydrogens (tertiary/aromatic N) is 2. The number of thiazole rings is 1. The van der Waals surface area contributed by atoms with E-state index < -0.39 is 5.41 Å². The molecule has 2 fully saturated rings. The Morgan fingerprint density at radius 3 is 2.52 bits per heavy atom. The van der Waals surface area contributed by atoms with Crippen LogP contribution in [0.3, 0.4) is 0 Å². The lowest BCUT2D eigenvalue weighted by Crippen LogP contribution is -2.52. The van der Waals surface area contributed by atoms with Crippen molar-refractivity contribution in [3.05, 3.63) is 29.3 Å². The zero-order valence-corrected chi connectivity index (χ0v) is 17.7. The molecule has 3 heterocycles. The third-order valence-electron chi connectivity index (χ3n) is 5.74. The molecule has 1 aromatic heterocycles. The van der Waals surface area contributed by atoms with Crippen LogP contribution in [0, 0.1) is 5.41 Å². The van der Waals surface area contributed by atoms with Crippen LogP contribution in [0.5, 0.6) is 0 Å². The zero-order chi connectivity index (χ0) is 17.3. The van der Waals surface area contributed by atoms with Gasteiger partial charge in [-0.05, 0) is 37.8 Å². The number of nitrogens with two attached hydrogens (primary N) is 1. The third-order valence-corrected chi connectivity index (χ3v) is 6.94. The van der Waals surface area contributed by atoms with E-state index in [0.717, 1.165) is 44.3 Å². The van der Waals surface area contributed by atoms with Crippen molar-refractivity contribution < 1.29 is 9.53 Å². The number of amides is 1. The first-order valence-corrected chi connectivity index (χ1v) is 9.96. The minimum Gasteiger partial charge on any atom is -0.381 e. The van der Waals surface area contributed by atoms with Gasteiger partial charge in [-0.3, -0.25) is 4.79 Å². The van der Waals surface area contributed by atoms with Crippen LogP contribution in [0.2, 0.25) is 0 Å². The van der Waals surface area contributed by atoms with Crippen LogP contribution in [0.15, 0.2) is 24.3 Å². The average Bonchev–Trinajstić information content (AvgIpc) is 3.12. The van der Waals surface area contributed by atoms with Gasteiger partial charge >= 0.3 is 0 Å². The number of hydrogen-bond donors (Lipinski definition) is 1. The number of fused-ring (bicyclic) bond motifs is 1. The van der Waals surface area contributed by atoms with Gasteiger partial charge in [-0.1, -0.05) is 12.1 Å². The number of aromatic nitrogens is 1. The van der Waals surface area contributed by atoms with Crippen molar-refractivity contribution in [2.24, 2.45) is 11.1 Å². The molecular weight excluding hydrogens is 405 g/mol. The summed E-state index contributed by atoms with van der Waals surface area (Å²) >= 11 is 1.79. The minimum absolute atomic E-state index is 0. The van der Waals surface area contributed by atoms with Gasteiger partial charge in [-0.2, -0.15) is 0 Å². The van der Waals surface area contributed by atoms with Gasteiger partial charge in [0, 0.05) is 38.8 Å². The summed E-state index contributed by atoms with van der Waals surface area (Å²) in [6.45, 7) is 3.33. The smallest absolute Gasteiger partial charge is 0.230 e. The summed E-state index contributed by atoms with van der Waals surface area (Å²) in [4.78, 5) is 19.9. The van der Waals surface area contributed by atoms with E-state index in [-0.39, 0.29) is 30.7 Å². The Bertz CT molecular complexity index is 723. The van der Waals surface area contributed by atoms with Gasteiger partial charge in [0.25, 0.3) is 0 Å². The summed E-state index contributed by atoms with van der Waals surface area (Å²) in [7, 11) is 0. The molecule has 2 saturated heterocycles. The van der Waals surface area contributed by atoms with Gasteiger partial charge in [0.2, 0.25) is 5.91 Å². The summed E-state index contributed by atoms with van der Waals surface area (Å²) in [5.74, 6) is 0.700. The monoisotopic (exact) mass is 431 g/mol. The largest absolute Gasteiger partial charge is 0.381 e. The molecule has 2 aliphatic rings. The highest BCUT2D eigenvalue weighted by Crippen LogP contribution is 2.37. The second kappa shape index (κ2) is 9.52. The van der Waals surface area contributed by atoms with Crippen LogP contribution in [-0.4, -0.2) is 48.6 Å². The van der Waals surface area contributed by atoms with Crippen molar-refractivity contribution in [3.8, 4) is 0 Å². The maximum atomic E-state index is 13.1. The fourth-order valence-electron chi connectivity index (χ4n) is 4.00. The lowest BCUT2D eigenvalue weighted by atomic mass is 9.78. The summed E-state index contributed by atoms with van der Waals surface area (Å²) in [6.07, 6.45) is 3.48. The number of halogens is 2. The minimum atomic E-state index is -0.402. The second-order valence-electron chi connectivity index (χ2n) is 7.18. The molecule has 5 nitrogen and oxygen atoms in total. The summed E-state index contributed by atoms with van der Waals surface area (Å²) in [6, 6.07) is 8.30. The van der Waals surface area contributed by atoms with E-state index in [1.807, 2.05) is 11.0 Å². The van der Waals surface area contributed by atoms with Gasteiger partial charge in [0.15, 0.2) is 0 Å². The van der Waals surface area contributed by atoms with Crippen LogP contribution < -0.4 is 5.73 Å². The molecule has 0 radical (unpaired) electrons. The topological polar surface area (TPSA) is 68.5 Å². The van der Waals surface area contributed by atoms with E-state index in [1.54, 1.807) is 11.3 Å². The number of rotatable bonds is 3. The molecule has 27 heavy (non-hydrogen) atoms. The molecule has 0 aliphatic carbocycles. The quantitative estimate of drug-likeness (QED) is 0.805. The van der Waals surface area contributed by atoms with Crippen molar-refractivity contribution in [2.75, 3.05) is 32.8 Å². The first-order valence-electron chi connectivity index (χ1n) is 9.14. The number of para-hydroxylation sites is 1. The number of likely N-dealkylation sites (tertiary alicyclic amines) is 1. The van der Waals surface area contributed by atoms with Crippen LogP contribution >= 0.6 is 36.2 Å². The summed E-state index contributed by atoms with van der Waals surface area (Å²) < 4.78 is 6.68. The average molecular weight is 432 g/mol. The van der Waals surface area contributed by atoms with E-state index >= 15 is 0 Å². The number of ether oxygens (including phenoxy) is 1. The molecule has 1 amide bonds. The number of hydrogen-bond acceptors (Lipinski definition) is 5. The Hall–Kier alpha value is -0.920. The number of piperidine rings is 1. The Morgan fingerprint density at radius 1 is 1.22 bits per heavy atom. The Kier molecular flexibility index (Phi) is 7.89. The van der Waals surface area contributed by atoms with E-state index in [4.69, 9.17) is 15.5 Å². The van der Waals surface area contributed by atoms with Crippen LogP contribution in [0.25, 0.3) is 10.2 Å². The number of benzene rings is 1. The van der Waals surface area contributed by atoms with Gasteiger partial charge in [0.05, 0.1) is 20.6 Å². The van der Waals surface area contributed by atoms with E-state index in [2.05, 4.69) is 18.2 Å². The predicted octanol–water partition coefficient (Wildman–Crippen LogP) is 3.60. The molecule has 0 saturated carbocycles. The SMILES string of the molecule is Cl.Cl.NCC1(C(=O)N2CCC(c3nc4ccccc4s3)CC2)CCOCC1. The highest BCUT2D eigenvalue weighted by Gasteiger charge is 2.42. The van der Waals surface area contributed by atoms with Crippen molar-refractivity contribution in [1.29, 1.82) is 0 Å². The Labute approximate surface area is 176 Å². The predicted molar refractivity (Wildman–Crippen MR) is 114 cm³/mol. The van der Waals surface area contributed by atoms with Gasteiger partial charge in [-0.15, -0.1) is 36.2 Å². The Balaban J connectivity index is 0.00000131. The maximum Gasteiger partial charge on any atom is 0.230 e. The molecule has 1 aromatic carbocycles. The molecule has 8 heteroatoms. The fourth-order valence-corrected chi connectivity index (χ4v) is 5.13. The first-order chi connectivity index (χ1) is 12.2. The lowest BCUT2D eigenvalue weighted by Gasteiger charge is -2.41. The molecular formula is C19H27Cl2N3O2S. The molecule has 2 N–H and O–H groups in total. The first kappa shape index (κ1) is 22.4. The van der Waals surface area contributed by atoms with E-state index in [0.29, 0.717) is 25.7 Å². The fraction of sp³-hybridized carbons (Fsp3) is 0.579. The van der Waals surface area contributed by atoms with Crippen LogP contribution in [0.1, 0.15) is 36.6 Å². The normalized spacial score (nSPS) is 20.0. The second-order valence-corrected chi connectivity index (χ2v) is 8.25. The highest BCUT2D eigenvalue weighted by molar-refractivity contribution is 7.18. The summed E-state index contributed by atoms with van der Waals surface area (Å²) in [5.41, 5.74) is 6.68. The number of carbonyl (C=O) groups is 1. The van der Waals surface area contributed by atoms with Crippen LogP contribution in [0.4, 0.5) is 0 Å². The molecule has 4 rings (SSSR count). The lowest BCUT2D eigenvalue weighted by molar-refractivity contribution is -0.148. The van der Waals surface area contributed by atoms with Gasteiger partial charge in [-0.25, -0.2) is 4.98 Å². The molecule has 0 atom stereocenters. The Morgan fingerprint density at radius 2 is 1.89 bits per heavy atom. The van der Waals surface area contributed by atoms with Gasteiger partial charge in [0.1, 0.15) is 0 Å². The molecule has 0 spiro atoms. The molecule has 2 aromatic rings. The molecule has 0 unspecified atom stereocenters. The van der Waals surface area contributed by atoms with E-state index in [9.17, 15) is 4.79 Å². The van der Waals surface area contributed by atoms with Crippen LogP contribution in [-0.2, 0) is 9.53 Å². The van der Waals surface area contributed by atoms with Gasteiger partial charge < -0.3 is 15.4 Å². The standard InChI is InChI=1S/C19H25N3O2S.2ClH/c20-13-19(7-11-24-12-8-19)18(23)22-9-5-14(6-10-22)17-21-15-3-1-2-4-16(15)25-17;;/h1-4,14H,5-13,20H2;2*1H.